The van der Waals surface area contributed by atoms with E-state index in [4.69, 9.17) is 0 Å². The van der Waals surface area contributed by atoms with E-state index in [1.165, 1.54) is 6.07 Å². The van der Waals surface area contributed by atoms with Crippen LogP contribution in [0, 0.1) is 6.92 Å². The van der Waals surface area contributed by atoms with Crippen LogP contribution in [0.5, 0.6) is 0 Å². The van der Waals surface area contributed by atoms with E-state index in [1.54, 1.807) is 53.8 Å². The van der Waals surface area contributed by atoms with Crippen molar-refractivity contribution in [2.24, 2.45) is 0 Å². The van der Waals surface area contributed by atoms with Crippen molar-refractivity contribution in [3.05, 3.63) is 82.0 Å². The van der Waals surface area contributed by atoms with Crippen molar-refractivity contribution in [2.45, 2.75) is 18.4 Å². The maximum atomic E-state index is 12.5. The Labute approximate surface area is 156 Å². The first-order chi connectivity index (χ1) is 12.4. The highest BCUT2D eigenvalue weighted by molar-refractivity contribution is 7.92. The van der Waals surface area contributed by atoms with Crippen molar-refractivity contribution < 1.29 is 13.2 Å². The zero-order chi connectivity index (χ0) is 18.6. The molecule has 1 amide bonds. The molecule has 0 aliphatic carbocycles. The predicted octanol–water partition coefficient (Wildman–Crippen LogP) is 3.79. The van der Waals surface area contributed by atoms with Gasteiger partial charge in [0.15, 0.2) is 0 Å². The number of anilines is 1. The Balaban J connectivity index is 1.72. The molecular formula is C19H18N2O3S2. The van der Waals surface area contributed by atoms with E-state index in [0.29, 0.717) is 17.8 Å². The molecule has 2 N–H and O–H groups in total. The molecule has 0 aliphatic heterocycles. The van der Waals surface area contributed by atoms with Gasteiger partial charge in [0.2, 0.25) is 0 Å². The van der Waals surface area contributed by atoms with Gasteiger partial charge in [0, 0.05) is 16.1 Å². The smallest absolute Gasteiger partial charge is 0.261 e. The van der Waals surface area contributed by atoms with E-state index in [0.717, 1.165) is 10.4 Å². The molecule has 0 fully saturated rings. The van der Waals surface area contributed by atoms with E-state index in [2.05, 4.69) is 10.0 Å². The quantitative estimate of drug-likeness (QED) is 0.677. The number of amides is 1. The Morgan fingerprint density at radius 2 is 1.81 bits per heavy atom. The fourth-order valence-corrected chi connectivity index (χ4v) is 4.03. The lowest BCUT2D eigenvalue weighted by molar-refractivity contribution is 0.0951. The Morgan fingerprint density at radius 3 is 2.50 bits per heavy atom. The number of carbonyl (C=O) groups excluding carboxylic acids is 1. The molecule has 2 aromatic carbocycles. The zero-order valence-electron chi connectivity index (χ0n) is 14.1. The number of aryl methyl sites for hydroxylation is 1. The normalized spacial score (nSPS) is 11.1. The molecule has 0 saturated carbocycles. The van der Waals surface area contributed by atoms with Gasteiger partial charge in [0.05, 0.1) is 11.4 Å². The van der Waals surface area contributed by atoms with Crippen LogP contribution in [0.2, 0.25) is 0 Å². The number of sulfonamides is 1. The van der Waals surface area contributed by atoms with Crippen LogP contribution in [0.25, 0.3) is 0 Å². The number of thiophene rings is 1. The van der Waals surface area contributed by atoms with E-state index >= 15 is 0 Å². The van der Waals surface area contributed by atoms with Crippen LogP contribution in [-0.2, 0) is 16.6 Å². The fraction of sp³-hybridized carbons (Fsp3) is 0.105. The summed E-state index contributed by atoms with van der Waals surface area (Å²) in [5.74, 6) is -0.255. The topological polar surface area (TPSA) is 75.3 Å². The molecule has 1 heterocycles. The van der Waals surface area contributed by atoms with E-state index in [-0.39, 0.29) is 10.8 Å². The number of benzene rings is 2. The number of hydrogen-bond donors (Lipinski definition) is 2. The van der Waals surface area contributed by atoms with Gasteiger partial charge >= 0.3 is 0 Å². The van der Waals surface area contributed by atoms with Gasteiger partial charge in [-0.25, -0.2) is 8.42 Å². The van der Waals surface area contributed by atoms with Gasteiger partial charge in [-0.15, -0.1) is 11.3 Å². The second-order valence-corrected chi connectivity index (χ2v) is 8.48. The number of hydrogen-bond acceptors (Lipinski definition) is 4. The highest BCUT2D eigenvalue weighted by Crippen LogP contribution is 2.18. The van der Waals surface area contributed by atoms with Crippen molar-refractivity contribution in [1.82, 2.24) is 5.32 Å². The standard InChI is InChI=1S/C19H18N2O3S2/c1-14-7-9-18(10-8-14)26(23,24)21-16-5-2-4-15(12-16)19(22)20-13-17-6-3-11-25-17/h2-12,21H,13H2,1H3,(H,20,22). The molecule has 1 aromatic heterocycles. The number of rotatable bonds is 6. The molecular weight excluding hydrogens is 368 g/mol. The molecule has 0 unspecified atom stereocenters. The molecule has 0 atom stereocenters. The summed E-state index contributed by atoms with van der Waals surface area (Å²) in [5.41, 5.74) is 1.72. The van der Waals surface area contributed by atoms with Crippen molar-refractivity contribution in [3.8, 4) is 0 Å². The molecule has 3 aromatic rings. The summed E-state index contributed by atoms with van der Waals surface area (Å²) in [6, 6.07) is 16.9. The summed E-state index contributed by atoms with van der Waals surface area (Å²) in [6.07, 6.45) is 0. The van der Waals surface area contributed by atoms with Gasteiger partial charge in [-0.2, -0.15) is 0 Å². The molecule has 26 heavy (non-hydrogen) atoms. The molecule has 0 saturated heterocycles. The lowest BCUT2D eigenvalue weighted by atomic mass is 10.2. The summed E-state index contributed by atoms with van der Waals surface area (Å²) in [4.78, 5) is 13.5. The monoisotopic (exact) mass is 386 g/mol. The highest BCUT2D eigenvalue weighted by atomic mass is 32.2. The molecule has 5 nitrogen and oxygen atoms in total. The molecule has 0 spiro atoms. The Hall–Kier alpha value is -2.64. The van der Waals surface area contributed by atoms with Crippen molar-refractivity contribution in [3.63, 3.8) is 0 Å². The third-order valence-electron chi connectivity index (χ3n) is 3.71. The van der Waals surface area contributed by atoms with E-state index in [1.807, 2.05) is 24.4 Å². The first kappa shape index (κ1) is 18.2. The molecule has 3 rings (SSSR count). The third kappa shape index (κ3) is 4.50. The number of nitrogens with one attached hydrogen (secondary N) is 2. The fourth-order valence-electron chi connectivity index (χ4n) is 2.34. The Kier molecular flexibility index (Phi) is 5.39. The van der Waals surface area contributed by atoms with Gasteiger partial charge in [-0.3, -0.25) is 9.52 Å². The Bertz CT molecular complexity index is 996. The summed E-state index contributed by atoms with van der Waals surface area (Å²) in [5, 5.41) is 4.77. The van der Waals surface area contributed by atoms with Crippen molar-refractivity contribution in [1.29, 1.82) is 0 Å². The van der Waals surface area contributed by atoms with Crippen LogP contribution in [0.15, 0.2) is 70.9 Å². The van der Waals surface area contributed by atoms with Crippen LogP contribution in [0.3, 0.4) is 0 Å². The minimum Gasteiger partial charge on any atom is -0.347 e. The van der Waals surface area contributed by atoms with E-state index < -0.39 is 10.0 Å². The van der Waals surface area contributed by atoms with Crippen LogP contribution in [-0.4, -0.2) is 14.3 Å². The minimum absolute atomic E-state index is 0.177. The first-order valence-corrected chi connectivity index (χ1v) is 10.3. The largest absolute Gasteiger partial charge is 0.347 e. The van der Waals surface area contributed by atoms with Crippen LogP contribution in [0.1, 0.15) is 20.8 Å². The second kappa shape index (κ2) is 7.72. The van der Waals surface area contributed by atoms with Gasteiger partial charge in [0.1, 0.15) is 0 Å². The maximum absolute atomic E-state index is 12.5. The van der Waals surface area contributed by atoms with Crippen LogP contribution in [0.4, 0.5) is 5.69 Å². The number of carbonyl (C=O) groups is 1. The highest BCUT2D eigenvalue weighted by Gasteiger charge is 2.15. The summed E-state index contributed by atoms with van der Waals surface area (Å²) in [7, 11) is -3.70. The van der Waals surface area contributed by atoms with Crippen LogP contribution >= 0.6 is 11.3 Å². The Morgan fingerprint density at radius 1 is 1.04 bits per heavy atom. The average Bonchev–Trinajstić information content (AvgIpc) is 3.13. The van der Waals surface area contributed by atoms with Gasteiger partial charge in [-0.1, -0.05) is 29.8 Å². The average molecular weight is 386 g/mol. The van der Waals surface area contributed by atoms with E-state index in [9.17, 15) is 13.2 Å². The molecule has 0 radical (unpaired) electrons. The molecule has 0 bridgehead atoms. The summed E-state index contributed by atoms with van der Waals surface area (Å²) in [6.45, 7) is 2.33. The maximum Gasteiger partial charge on any atom is 0.261 e. The molecule has 134 valence electrons. The van der Waals surface area contributed by atoms with Crippen LogP contribution < -0.4 is 10.0 Å². The lowest BCUT2D eigenvalue weighted by Crippen LogP contribution is -2.22. The minimum atomic E-state index is -3.70. The lowest BCUT2D eigenvalue weighted by Gasteiger charge is -2.10. The first-order valence-electron chi connectivity index (χ1n) is 7.94. The second-order valence-electron chi connectivity index (χ2n) is 5.76. The zero-order valence-corrected chi connectivity index (χ0v) is 15.7. The van der Waals surface area contributed by atoms with Gasteiger partial charge in [0.25, 0.3) is 15.9 Å². The predicted molar refractivity (Wildman–Crippen MR) is 104 cm³/mol. The molecule has 7 heteroatoms. The SMILES string of the molecule is Cc1ccc(S(=O)(=O)Nc2cccc(C(=O)NCc3cccs3)c2)cc1. The van der Waals surface area contributed by atoms with Crippen molar-refractivity contribution in [2.75, 3.05) is 4.72 Å². The van der Waals surface area contributed by atoms with Crippen molar-refractivity contribution >= 4 is 33.0 Å². The third-order valence-corrected chi connectivity index (χ3v) is 5.99. The van der Waals surface area contributed by atoms with Gasteiger partial charge < -0.3 is 5.32 Å². The summed E-state index contributed by atoms with van der Waals surface area (Å²) < 4.78 is 27.4. The van der Waals surface area contributed by atoms with Gasteiger partial charge in [-0.05, 0) is 48.7 Å². The molecule has 0 aliphatic rings. The summed E-state index contributed by atoms with van der Waals surface area (Å²) >= 11 is 1.56.